The Morgan fingerprint density at radius 1 is 1.29 bits per heavy atom. The molecule has 1 aliphatic rings. The van der Waals surface area contributed by atoms with Crippen LogP contribution in [0.1, 0.15) is 11.8 Å². The number of hydrogen-bond donors (Lipinski definition) is 1. The predicted octanol–water partition coefficient (Wildman–Crippen LogP) is 1.29. The van der Waals surface area contributed by atoms with E-state index in [1.807, 2.05) is 23.9 Å². The van der Waals surface area contributed by atoms with Crippen LogP contribution in [0, 0.1) is 0 Å². The molecule has 0 radical (unpaired) electrons. The summed E-state index contributed by atoms with van der Waals surface area (Å²) in [7, 11) is 0. The van der Waals surface area contributed by atoms with Crippen LogP contribution >= 0.6 is 11.8 Å². The predicted molar refractivity (Wildman–Crippen MR) is 65.6 cm³/mol. The Labute approximate surface area is 103 Å². The molecule has 17 heavy (non-hydrogen) atoms. The van der Waals surface area contributed by atoms with Crippen molar-refractivity contribution in [3.05, 3.63) is 30.4 Å². The zero-order chi connectivity index (χ0) is 11.7. The molecule has 0 spiro atoms. The molecular weight excluding hydrogens is 236 g/mol. The van der Waals surface area contributed by atoms with Crippen molar-refractivity contribution in [2.24, 2.45) is 5.73 Å². The second-order valence-corrected chi connectivity index (χ2v) is 5.07. The average Bonchev–Trinajstić information content (AvgIpc) is 2.98. The zero-order valence-electron chi connectivity index (χ0n) is 9.11. The van der Waals surface area contributed by atoms with E-state index >= 15 is 0 Å². The van der Waals surface area contributed by atoms with E-state index in [2.05, 4.69) is 15.1 Å². The van der Waals surface area contributed by atoms with E-state index in [0.29, 0.717) is 11.7 Å². The first kappa shape index (κ1) is 10.7. The zero-order valence-corrected chi connectivity index (χ0v) is 9.93. The van der Waals surface area contributed by atoms with Gasteiger partial charge in [-0.15, -0.1) is 0 Å². The average molecular weight is 248 g/mol. The smallest absolute Gasteiger partial charge is 0.232 e. The third-order valence-electron chi connectivity index (χ3n) is 2.82. The molecule has 2 N–H and O–H groups in total. The van der Waals surface area contributed by atoms with Gasteiger partial charge >= 0.3 is 0 Å². The van der Waals surface area contributed by atoms with Gasteiger partial charge in [0.2, 0.25) is 11.7 Å². The van der Waals surface area contributed by atoms with E-state index in [-0.39, 0.29) is 12.0 Å². The van der Waals surface area contributed by atoms with Crippen LogP contribution in [0.15, 0.2) is 29.0 Å². The summed E-state index contributed by atoms with van der Waals surface area (Å²) in [5, 5.41) is 3.99. The van der Waals surface area contributed by atoms with Gasteiger partial charge in [0.15, 0.2) is 0 Å². The molecule has 1 fully saturated rings. The first-order valence-corrected chi connectivity index (χ1v) is 6.57. The van der Waals surface area contributed by atoms with Gasteiger partial charge in [0.1, 0.15) is 0 Å². The number of rotatable bonds is 2. The molecule has 2 aromatic heterocycles. The van der Waals surface area contributed by atoms with E-state index < -0.39 is 0 Å². The molecule has 0 aromatic carbocycles. The van der Waals surface area contributed by atoms with E-state index in [1.165, 1.54) is 0 Å². The van der Waals surface area contributed by atoms with Crippen LogP contribution in [0.2, 0.25) is 0 Å². The van der Waals surface area contributed by atoms with Crippen molar-refractivity contribution in [1.29, 1.82) is 0 Å². The highest BCUT2D eigenvalue weighted by molar-refractivity contribution is 7.99. The lowest BCUT2D eigenvalue weighted by atomic mass is 10.1. The van der Waals surface area contributed by atoms with Crippen LogP contribution in [-0.2, 0) is 0 Å². The fourth-order valence-electron chi connectivity index (χ4n) is 1.83. The van der Waals surface area contributed by atoms with Crippen LogP contribution in [0.3, 0.4) is 0 Å². The van der Waals surface area contributed by atoms with Crippen LogP contribution in [0.5, 0.6) is 0 Å². The number of pyridine rings is 1. The third kappa shape index (κ3) is 2.05. The summed E-state index contributed by atoms with van der Waals surface area (Å²) in [6.07, 6.45) is 3.42. The Kier molecular flexibility index (Phi) is 2.82. The number of nitrogens with two attached hydrogens (primary N) is 1. The maximum absolute atomic E-state index is 6.00. The topological polar surface area (TPSA) is 77.8 Å². The number of hydrogen-bond acceptors (Lipinski definition) is 6. The van der Waals surface area contributed by atoms with Crippen molar-refractivity contribution >= 4 is 11.8 Å². The second-order valence-electron chi connectivity index (χ2n) is 4.00. The number of nitrogens with zero attached hydrogens (tertiary/aromatic N) is 3. The molecule has 1 aliphatic heterocycles. The molecule has 0 saturated carbocycles. The SMILES string of the molecule is NC1CSCC1c1nc(-c2ccncc2)no1. The van der Waals surface area contributed by atoms with E-state index in [1.54, 1.807) is 12.4 Å². The fourth-order valence-corrected chi connectivity index (χ4v) is 3.11. The van der Waals surface area contributed by atoms with Gasteiger partial charge in [0, 0.05) is 35.5 Å². The first-order valence-electron chi connectivity index (χ1n) is 5.42. The van der Waals surface area contributed by atoms with Gasteiger partial charge in [-0.05, 0) is 12.1 Å². The largest absolute Gasteiger partial charge is 0.339 e. The molecule has 2 aromatic rings. The van der Waals surface area contributed by atoms with E-state index in [4.69, 9.17) is 10.3 Å². The van der Waals surface area contributed by atoms with E-state index in [9.17, 15) is 0 Å². The highest BCUT2D eigenvalue weighted by atomic mass is 32.2. The van der Waals surface area contributed by atoms with Crippen LogP contribution in [0.4, 0.5) is 0 Å². The first-order chi connectivity index (χ1) is 8.34. The molecule has 0 bridgehead atoms. The highest BCUT2D eigenvalue weighted by Crippen LogP contribution is 2.31. The summed E-state index contributed by atoms with van der Waals surface area (Å²) in [4.78, 5) is 8.37. The quantitative estimate of drug-likeness (QED) is 0.862. The van der Waals surface area contributed by atoms with Gasteiger partial charge in [-0.2, -0.15) is 16.7 Å². The normalized spacial score (nSPS) is 24.1. The van der Waals surface area contributed by atoms with Gasteiger partial charge < -0.3 is 10.3 Å². The van der Waals surface area contributed by atoms with Gasteiger partial charge in [-0.3, -0.25) is 4.98 Å². The van der Waals surface area contributed by atoms with E-state index in [0.717, 1.165) is 17.1 Å². The summed E-state index contributed by atoms with van der Waals surface area (Å²) in [6, 6.07) is 3.83. The van der Waals surface area contributed by atoms with Crippen LogP contribution in [0.25, 0.3) is 11.4 Å². The molecule has 2 atom stereocenters. The molecule has 5 nitrogen and oxygen atoms in total. The van der Waals surface area contributed by atoms with Crippen molar-refractivity contribution in [1.82, 2.24) is 15.1 Å². The Bertz CT molecular complexity index is 501. The van der Waals surface area contributed by atoms with Gasteiger partial charge in [-0.25, -0.2) is 0 Å². The van der Waals surface area contributed by atoms with Crippen LogP contribution in [-0.4, -0.2) is 32.7 Å². The molecule has 3 heterocycles. The Morgan fingerprint density at radius 2 is 2.12 bits per heavy atom. The Hall–Kier alpha value is -1.40. The minimum Gasteiger partial charge on any atom is -0.339 e. The monoisotopic (exact) mass is 248 g/mol. The molecule has 2 unspecified atom stereocenters. The highest BCUT2D eigenvalue weighted by Gasteiger charge is 2.30. The summed E-state index contributed by atoms with van der Waals surface area (Å²) in [5.41, 5.74) is 6.91. The third-order valence-corrected chi connectivity index (χ3v) is 4.04. The molecule has 0 amide bonds. The maximum Gasteiger partial charge on any atom is 0.232 e. The standard InChI is InChI=1S/C11H12N4OS/c12-9-6-17-5-8(9)11-14-10(15-16-11)7-1-3-13-4-2-7/h1-4,8-9H,5-6,12H2. The molecule has 88 valence electrons. The lowest BCUT2D eigenvalue weighted by Gasteiger charge is -2.07. The molecule has 6 heteroatoms. The molecule has 1 saturated heterocycles. The van der Waals surface area contributed by atoms with Crippen molar-refractivity contribution in [2.75, 3.05) is 11.5 Å². The maximum atomic E-state index is 6.00. The van der Waals surface area contributed by atoms with Crippen molar-refractivity contribution in [3.63, 3.8) is 0 Å². The Balaban J connectivity index is 1.88. The molecule has 0 aliphatic carbocycles. The second kappa shape index (κ2) is 4.46. The molecule has 3 rings (SSSR count). The van der Waals surface area contributed by atoms with Gasteiger partial charge in [-0.1, -0.05) is 5.16 Å². The van der Waals surface area contributed by atoms with Gasteiger partial charge in [0.05, 0.1) is 5.92 Å². The van der Waals surface area contributed by atoms with Crippen molar-refractivity contribution in [2.45, 2.75) is 12.0 Å². The fraction of sp³-hybridized carbons (Fsp3) is 0.364. The summed E-state index contributed by atoms with van der Waals surface area (Å²) in [6.45, 7) is 0. The van der Waals surface area contributed by atoms with Gasteiger partial charge in [0.25, 0.3) is 0 Å². The Morgan fingerprint density at radius 3 is 2.82 bits per heavy atom. The van der Waals surface area contributed by atoms with Crippen molar-refractivity contribution < 1.29 is 4.52 Å². The number of aromatic nitrogens is 3. The minimum atomic E-state index is 0.116. The van der Waals surface area contributed by atoms with Crippen LogP contribution < -0.4 is 5.73 Å². The molecular formula is C11H12N4OS. The summed E-state index contributed by atoms with van der Waals surface area (Å²) in [5.74, 6) is 3.35. The number of thioether (sulfide) groups is 1. The van der Waals surface area contributed by atoms with Crippen molar-refractivity contribution in [3.8, 4) is 11.4 Å². The summed E-state index contributed by atoms with van der Waals surface area (Å²) >= 11 is 1.83. The lowest BCUT2D eigenvalue weighted by molar-refractivity contribution is 0.352. The summed E-state index contributed by atoms with van der Waals surface area (Å²) < 4.78 is 5.30. The lowest BCUT2D eigenvalue weighted by Crippen LogP contribution is -2.26. The minimum absolute atomic E-state index is 0.116.